The van der Waals surface area contributed by atoms with Crippen molar-refractivity contribution in [1.29, 1.82) is 0 Å². The Morgan fingerprint density at radius 3 is 2.90 bits per heavy atom. The van der Waals surface area contributed by atoms with E-state index in [-0.39, 0.29) is 6.10 Å². The van der Waals surface area contributed by atoms with Crippen LogP contribution in [0.5, 0.6) is 0 Å². The maximum atomic E-state index is 5.76. The van der Waals surface area contributed by atoms with Crippen LogP contribution in [0.1, 0.15) is 51.9 Å². The zero-order valence-electron chi connectivity index (χ0n) is 12.9. The molecule has 1 aliphatic heterocycles. The lowest BCUT2D eigenvalue weighted by atomic mass is 10.2. The second kappa shape index (κ2) is 7.15. The third kappa shape index (κ3) is 4.01. The molecular weight excluding hydrogens is 256 g/mol. The molecule has 0 amide bonds. The minimum Gasteiger partial charge on any atom is -0.367 e. The Balaban J connectivity index is 1.91. The molecule has 0 bridgehead atoms. The monoisotopic (exact) mass is 282 g/mol. The first-order valence-electron chi connectivity index (χ1n) is 7.51. The third-order valence-electron chi connectivity index (χ3n) is 3.81. The number of nitrogens with one attached hydrogen (secondary N) is 1. The summed E-state index contributed by atoms with van der Waals surface area (Å²) >= 11 is 0. The number of ether oxygens (including phenoxy) is 1. The molecule has 1 saturated heterocycles. The summed E-state index contributed by atoms with van der Waals surface area (Å²) in [4.78, 5) is 6.82. The molecule has 1 aromatic heterocycles. The first kappa shape index (κ1) is 15.4. The number of hydrogen-bond acceptors (Lipinski definition) is 6. The minimum absolute atomic E-state index is 0.0766. The van der Waals surface area contributed by atoms with Crippen LogP contribution in [0.3, 0.4) is 0 Å². The maximum absolute atomic E-state index is 5.76. The van der Waals surface area contributed by atoms with Crippen LogP contribution >= 0.6 is 0 Å². The highest BCUT2D eigenvalue weighted by Crippen LogP contribution is 2.21. The van der Waals surface area contributed by atoms with Crippen LogP contribution in [0.2, 0.25) is 0 Å². The second-order valence-electron chi connectivity index (χ2n) is 5.68. The first-order valence-corrected chi connectivity index (χ1v) is 7.51. The van der Waals surface area contributed by atoms with Crippen molar-refractivity contribution < 1.29 is 9.26 Å². The summed E-state index contributed by atoms with van der Waals surface area (Å²) in [6.45, 7) is 11.8. The largest absolute Gasteiger partial charge is 0.367 e. The van der Waals surface area contributed by atoms with Gasteiger partial charge in [-0.05, 0) is 27.2 Å². The van der Waals surface area contributed by atoms with Crippen molar-refractivity contribution in [2.45, 2.75) is 58.8 Å². The van der Waals surface area contributed by atoms with Gasteiger partial charge in [0.2, 0.25) is 11.7 Å². The normalized spacial score (nSPS) is 22.4. The molecule has 0 spiro atoms. The SMILES string of the molecule is CCC(C)NCc1nc(C2CN(C(C)C)CCO2)no1. The number of nitrogens with zero attached hydrogens (tertiary/aromatic N) is 3. The maximum Gasteiger partial charge on any atom is 0.240 e. The quantitative estimate of drug-likeness (QED) is 0.857. The predicted octanol–water partition coefficient (Wildman–Crippen LogP) is 1.74. The van der Waals surface area contributed by atoms with Crippen molar-refractivity contribution in [3.05, 3.63) is 11.7 Å². The Bertz CT molecular complexity index is 408. The highest BCUT2D eigenvalue weighted by Gasteiger charge is 2.27. The summed E-state index contributed by atoms with van der Waals surface area (Å²) < 4.78 is 11.0. The summed E-state index contributed by atoms with van der Waals surface area (Å²) in [5.41, 5.74) is 0. The average molecular weight is 282 g/mol. The molecule has 0 saturated carbocycles. The highest BCUT2D eigenvalue weighted by atomic mass is 16.5. The summed E-state index contributed by atoms with van der Waals surface area (Å²) in [6.07, 6.45) is 1.00. The lowest BCUT2D eigenvalue weighted by molar-refractivity contribution is -0.0450. The van der Waals surface area contributed by atoms with Gasteiger partial charge < -0.3 is 14.6 Å². The van der Waals surface area contributed by atoms with Crippen LogP contribution in [0, 0.1) is 0 Å². The van der Waals surface area contributed by atoms with Gasteiger partial charge in [-0.25, -0.2) is 0 Å². The Morgan fingerprint density at radius 1 is 1.40 bits per heavy atom. The molecule has 114 valence electrons. The summed E-state index contributed by atoms with van der Waals surface area (Å²) in [6, 6.07) is 0.965. The van der Waals surface area contributed by atoms with Crippen LogP contribution < -0.4 is 5.32 Å². The summed E-state index contributed by atoms with van der Waals surface area (Å²) in [5.74, 6) is 1.29. The topological polar surface area (TPSA) is 63.4 Å². The van der Waals surface area contributed by atoms with Crippen LogP contribution in [0.25, 0.3) is 0 Å². The van der Waals surface area contributed by atoms with Crippen LogP contribution in [0.4, 0.5) is 0 Å². The fourth-order valence-electron chi connectivity index (χ4n) is 2.17. The van der Waals surface area contributed by atoms with E-state index >= 15 is 0 Å². The molecular formula is C14H26N4O2. The Labute approximate surface area is 120 Å². The Hall–Kier alpha value is -0.980. The molecule has 2 unspecified atom stereocenters. The van der Waals surface area contributed by atoms with E-state index in [1.165, 1.54) is 0 Å². The number of hydrogen-bond donors (Lipinski definition) is 1. The van der Waals surface area contributed by atoms with E-state index in [1.807, 2.05) is 0 Å². The molecule has 0 radical (unpaired) electrons. The van der Waals surface area contributed by atoms with Gasteiger partial charge in [0.25, 0.3) is 0 Å². The lowest BCUT2D eigenvalue weighted by Gasteiger charge is -2.34. The van der Waals surface area contributed by atoms with Gasteiger partial charge in [-0.15, -0.1) is 0 Å². The first-order chi connectivity index (χ1) is 9.60. The number of rotatable bonds is 6. The zero-order valence-corrected chi connectivity index (χ0v) is 12.9. The third-order valence-corrected chi connectivity index (χ3v) is 3.81. The van der Waals surface area contributed by atoms with Crippen molar-refractivity contribution in [1.82, 2.24) is 20.4 Å². The average Bonchev–Trinajstić information content (AvgIpc) is 2.93. The van der Waals surface area contributed by atoms with E-state index < -0.39 is 0 Å². The molecule has 6 nitrogen and oxygen atoms in total. The van der Waals surface area contributed by atoms with Crippen molar-refractivity contribution in [3.8, 4) is 0 Å². The predicted molar refractivity (Wildman–Crippen MR) is 76.3 cm³/mol. The van der Waals surface area contributed by atoms with E-state index in [4.69, 9.17) is 9.26 Å². The molecule has 6 heteroatoms. The van der Waals surface area contributed by atoms with Crippen molar-refractivity contribution in [2.75, 3.05) is 19.7 Å². The minimum atomic E-state index is -0.0766. The van der Waals surface area contributed by atoms with Crippen LogP contribution in [-0.2, 0) is 11.3 Å². The van der Waals surface area contributed by atoms with Crippen molar-refractivity contribution in [3.63, 3.8) is 0 Å². The molecule has 1 N–H and O–H groups in total. The van der Waals surface area contributed by atoms with E-state index in [1.54, 1.807) is 0 Å². The number of aromatic nitrogens is 2. The summed E-state index contributed by atoms with van der Waals surface area (Å²) in [5, 5.41) is 7.40. The second-order valence-corrected chi connectivity index (χ2v) is 5.68. The molecule has 0 aromatic carbocycles. The Morgan fingerprint density at radius 2 is 2.20 bits per heavy atom. The molecule has 1 fully saturated rings. The molecule has 0 aliphatic carbocycles. The standard InChI is InChI=1S/C14H26N4O2/c1-5-11(4)15-8-13-16-14(17-20-13)12-9-18(10(2)3)6-7-19-12/h10-12,15H,5-9H2,1-4H3. The molecule has 20 heavy (non-hydrogen) atoms. The lowest BCUT2D eigenvalue weighted by Crippen LogP contribution is -2.42. The van der Waals surface area contributed by atoms with E-state index in [9.17, 15) is 0 Å². The van der Waals surface area contributed by atoms with Gasteiger partial charge >= 0.3 is 0 Å². The van der Waals surface area contributed by atoms with Gasteiger partial charge in [-0.1, -0.05) is 12.1 Å². The molecule has 2 heterocycles. The summed E-state index contributed by atoms with van der Waals surface area (Å²) in [7, 11) is 0. The van der Waals surface area contributed by atoms with Crippen molar-refractivity contribution in [2.24, 2.45) is 0 Å². The van der Waals surface area contributed by atoms with Gasteiger partial charge in [0.15, 0.2) is 0 Å². The van der Waals surface area contributed by atoms with Gasteiger partial charge in [-0.3, -0.25) is 4.90 Å². The number of morpholine rings is 1. The van der Waals surface area contributed by atoms with Gasteiger partial charge in [0, 0.05) is 25.2 Å². The fraction of sp³-hybridized carbons (Fsp3) is 0.857. The fourth-order valence-corrected chi connectivity index (χ4v) is 2.17. The van der Waals surface area contributed by atoms with E-state index in [2.05, 4.69) is 48.1 Å². The Kier molecular flexibility index (Phi) is 5.51. The van der Waals surface area contributed by atoms with Gasteiger partial charge in [-0.2, -0.15) is 4.98 Å². The molecule has 2 rings (SSSR count). The molecule has 1 aromatic rings. The zero-order chi connectivity index (χ0) is 14.5. The highest BCUT2D eigenvalue weighted by molar-refractivity contribution is 4.94. The van der Waals surface area contributed by atoms with Crippen LogP contribution in [-0.4, -0.2) is 46.8 Å². The van der Waals surface area contributed by atoms with Crippen LogP contribution in [0.15, 0.2) is 4.52 Å². The van der Waals surface area contributed by atoms with Gasteiger partial charge in [0.1, 0.15) is 6.10 Å². The molecule has 2 atom stereocenters. The van der Waals surface area contributed by atoms with Crippen molar-refractivity contribution >= 4 is 0 Å². The van der Waals surface area contributed by atoms with E-state index in [0.717, 1.165) is 26.1 Å². The molecule has 1 aliphatic rings. The van der Waals surface area contributed by atoms with Gasteiger partial charge in [0.05, 0.1) is 13.2 Å². The smallest absolute Gasteiger partial charge is 0.240 e. The van der Waals surface area contributed by atoms with E-state index in [0.29, 0.717) is 30.3 Å².